The Hall–Kier alpha value is -1.09. The van der Waals surface area contributed by atoms with E-state index in [9.17, 15) is 0 Å². The number of thiophene rings is 1. The lowest BCUT2D eigenvalue weighted by molar-refractivity contribution is 0.542. The van der Waals surface area contributed by atoms with Gasteiger partial charge in [0.15, 0.2) is 0 Å². The van der Waals surface area contributed by atoms with E-state index in [1.807, 2.05) is 19.9 Å². The van der Waals surface area contributed by atoms with Crippen molar-refractivity contribution in [2.45, 2.75) is 20.8 Å². The van der Waals surface area contributed by atoms with Gasteiger partial charge in [0.05, 0.1) is 10.6 Å². The molecule has 0 unspecified atom stereocenters. The van der Waals surface area contributed by atoms with Crippen molar-refractivity contribution in [3.63, 3.8) is 0 Å². The lowest BCUT2D eigenvalue weighted by atomic mass is 10.4. The maximum atomic E-state index is 5.51. The second-order valence-corrected chi connectivity index (χ2v) is 4.36. The minimum atomic E-state index is 0.744. The first kappa shape index (κ1) is 8.51. The van der Waals surface area contributed by atoms with E-state index in [0.717, 1.165) is 22.2 Å². The van der Waals surface area contributed by atoms with Gasteiger partial charge >= 0.3 is 0 Å². The maximum Gasteiger partial charge on any atom is 0.236 e. The molecule has 2 aromatic rings. The summed E-state index contributed by atoms with van der Waals surface area (Å²) in [6.45, 7) is 5.98. The fourth-order valence-corrected chi connectivity index (χ4v) is 1.92. The molecule has 0 amide bonds. The molecule has 0 N–H and O–H groups in total. The Kier molecular flexibility index (Phi) is 1.96. The van der Waals surface area contributed by atoms with Crippen LogP contribution in [0.4, 0.5) is 0 Å². The molecule has 2 rings (SSSR count). The van der Waals surface area contributed by atoms with Crippen molar-refractivity contribution >= 4 is 11.3 Å². The summed E-state index contributed by atoms with van der Waals surface area (Å²) in [5.41, 5.74) is 0.973. The van der Waals surface area contributed by atoms with E-state index in [2.05, 4.69) is 18.0 Å². The van der Waals surface area contributed by atoms with Crippen LogP contribution < -0.4 is 0 Å². The van der Waals surface area contributed by atoms with E-state index in [1.54, 1.807) is 11.3 Å². The van der Waals surface area contributed by atoms with Gasteiger partial charge in [0.1, 0.15) is 5.76 Å². The minimum Gasteiger partial charge on any atom is -0.440 e. The Morgan fingerprint density at radius 1 is 1.23 bits per heavy atom. The topological polar surface area (TPSA) is 26.0 Å². The van der Waals surface area contributed by atoms with E-state index in [0.29, 0.717) is 0 Å². The predicted molar refractivity (Wildman–Crippen MR) is 54.0 cm³/mol. The van der Waals surface area contributed by atoms with Crippen molar-refractivity contribution in [3.8, 4) is 10.8 Å². The van der Waals surface area contributed by atoms with Crippen molar-refractivity contribution in [1.29, 1.82) is 0 Å². The van der Waals surface area contributed by atoms with Crippen molar-refractivity contribution in [3.05, 3.63) is 28.5 Å². The van der Waals surface area contributed by atoms with Crippen LogP contribution in [0.2, 0.25) is 0 Å². The third kappa shape index (κ3) is 1.52. The first-order valence-electron chi connectivity index (χ1n) is 4.17. The molecule has 0 aliphatic carbocycles. The lowest BCUT2D eigenvalue weighted by Gasteiger charge is -1.85. The second kappa shape index (κ2) is 3.00. The summed E-state index contributed by atoms with van der Waals surface area (Å²) < 4.78 is 5.51. The van der Waals surface area contributed by atoms with Gasteiger partial charge in [-0.3, -0.25) is 0 Å². The van der Waals surface area contributed by atoms with Crippen molar-refractivity contribution in [2.75, 3.05) is 0 Å². The van der Waals surface area contributed by atoms with E-state index >= 15 is 0 Å². The van der Waals surface area contributed by atoms with Gasteiger partial charge < -0.3 is 4.42 Å². The number of nitrogens with zero attached hydrogens (tertiary/aromatic N) is 1. The maximum absolute atomic E-state index is 5.51. The Labute approximate surface area is 81.2 Å². The van der Waals surface area contributed by atoms with Crippen LogP contribution in [0.25, 0.3) is 10.8 Å². The zero-order valence-electron chi connectivity index (χ0n) is 7.92. The normalized spacial score (nSPS) is 10.7. The summed E-state index contributed by atoms with van der Waals surface area (Å²) in [4.78, 5) is 6.72. The molecule has 3 heteroatoms. The quantitative estimate of drug-likeness (QED) is 0.694. The minimum absolute atomic E-state index is 0.744. The highest BCUT2D eigenvalue weighted by atomic mass is 32.1. The summed E-state index contributed by atoms with van der Waals surface area (Å²) >= 11 is 1.71. The zero-order valence-corrected chi connectivity index (χ0v) is 8.73. The van der Waals surface area contributed by atoms with Crippen LogP contribution in [0.15, 0.2) is 16.5 Å². The molecule has 2 aromatic heterocycles. The van der Waals surface area contributed by atoms with Crippen LogP contribution in [0.3, 0.4) is 0 Å². The Balaban J connectivity index is 2.46. The van der Waals surface area contributed by atoms with E-state index in [4.69, 9.17) is 4.42 Å². The molecule has 0 fully saturated rings. The molecule has 2 nitrogen and oxygen atoms in total. The van der Waals surface area contributed by atoms with Crippen molar-refractivity contribution in [2.24, 2.45) is 0 Å². The fraction of sp³-hybridized carbons (Fsp3) is 0.300. The first-order chi connectivity index (χ1) is 6.16. The van der Waals surface area contributed by atoms with E-state index in [1.165, 1.54) is 4.88 Å². The molecule has 68 valence electrons. The Bertz CT molecular complexity index is 408. The molecule has 0 aromatic carbocycles. The molecule has 0 aliphatic rings. The first-order valence-corrected chi connectivity index (χ1v) is 4.99. The van der Waals surface area contributed by atoms with Gasteiger partial charge in [-0.1, -0.05) is 0 Å². The molecule has 0 radical (unpaired) electrons. The summed E-state index contributed by atoms with van der Waals surface area (Å²) in [5, 5.41) is 0. The van der Waals surface area contributed by atoms with Crippen LogP contribution in [0, 0.1) is 20.8 Å². The number of aryl methyl sites for hydroxylation is 3. The Morgan fingerprint density at radius 3 is 2.46 bits per heavy atom. The Morgan fingerprint density at radius 2 is 2.00 bits per heavy atom. The number of aromatic nitrogens is 1. The molecule has 0 saturated heterocycles. The molecule has 0 bridgehead atoms. The molecule has 13 heavy (non-hydrogen) atoms. The highest BCUT2D eigenvalue weighted by Crippen LogP contribution is 2.27. The molecule has 0 aliphatic heterocycles. The van der Waals surface area contributed by atoms with Crippen LogP contribution in [0.1, 0.15) is 16.3 Å². The molecule has 2 heterocycles. The van der Waals surface area contributed by atoms with Gasteiger partial charge in [0.25, 0.3) is 0 Å². The molecular formula is C10H11NOS. The fourth-order valence-electron chi connectivity index (χ4n) is 1.13. The zero-order chi connectivity index (χ0) is 9.42. The third-order valence-electron chi connectivity index (χ3n) is 1.98. The van der Waals surface area contributed by atoms with Crippen LogP contribution in [-0.4, -0.2) is 4.98 Å². The van der Waals surface area contributed by atoms with Gasteiger partial charge in [-0.2, -0.15) is 0 Å². The van der Waals surface area contributed by atoms with Crippen molar-refractivity contribution in [1.82, 2.24) is 4.98 Å². The monoisotopic (exact) mass is 193 g/mol. The summed E-state index contributed by atoms with van der Waals surface area (Å²) in [6, 6.07) is 4.12. The number of hydrogen-bond acceptors (Lipinski definition) is 3. The molecule has 0 saturated carbocycles. The lowest BCUT2D eigenvalue weighted by Crippen LogP contribution is -1.72. The number of hydrogen-bond donors (Lipinski definition) is 0. The number of rotatable bonds is 1. The second-order valence-electron chi connectivity index (χ2n) is 3.07. The average Bonchev–Trinajstić information content (AvgIpc) is 2.61. The highest BCUT2D eigenvalue weighted by molar-refractivity contribution is 7.15. The van der Waals surface area contributed by atoms with Crippen LogP contribution in [-0.2, 0) is 0 Å². The number of oxazole rings is 1. The smallest absolute Gasteiger partial charge is 0.236 e. The standard InChI is InChI=1S/C10H11NOS/c1-6-4-5-9(13-6)10-11-7(2)8(3)12-10/h4-5H,1-3H3. The average molecular weight is 193 g/mol. The predicted octanol–water partition coefficient (Wildman–Crippen LogP) is 3.33. The highest BCUT2D eigenvalue weighted by Gasteiger charge is 2.09. The molecule has 0 spiro atoms. The molecule has 0 atom stereocenters. The summed E-state index contributed by atoms with van der Waals surface area (Å²) in [5.74, 6) is 1.65. The van der Waals surface area contributed by atoms with E-state index in [-0.39, 0.29) is 0 Å². The molecular weight excluding hydrogens is 182 g/mol. The van der Waals surface area contributed by atoms with Gasteiger partial charge in [0.2, 0.25) is 5.89 Å². The third-order valence-corrected chi connectivity index (χ3v) is 2.97. The SMILES string of the molecule is Cc1ccc(-c2nc(C)c(C)o2)s1. The van der Waals surface area contributed by atoms with Crippen LogP contribution >= 0.6 is 11.3 Å². The van der Waals surface area contributed by atoms with Gasteiger partial charge in [-0.15, -0.1) is 11.3 Å². The largest absolute Gasteiger partial charge is 0.440 e. The van der Waals surface area contributed by atoms with Gasteiger partial charge in [-0.05, 0) is 32.9 Å². The van der Waals surface area contributed by atoms with Crippen LogP contribution in [0.5, 0.6) is 0 Å². The summed E-state index contributed by atoms with van der Waals surface area (Å²) in [7, 11) is 0. The summed E-state index contributed by atoms with van der Waals surface area (Å²) in [6.07, 6.45) is 0. The van der Waals surface area contributed by atoms with Gasteiger partial charge in [0, 0.05) is 4.88 Å². The van der Waals surface area contributed by atoms with Gasteiger partial charge in [-0.25, -0.2) is 4.98 Å². The van der Waals surface area contributed by atoms with Crippen molar-refractivity contribution < 1.29 is 4.42 Å². The van der Waals surface area contributed by atoms with E-state index < -0.39 is 0 Å².